The smallest absolute Gasteiger partial charge is 0.335 e. The van der Waals surface area contributed by atoms with Gasteiger partial charge in [-0.05, 0) is 68.3 Å². The van der Waals surface area contributed by atoms with Crippen LogP contribution in [-0.2, 0) is 24.2 Å². The summed E-state index contributed by atoms with van der Waals surface area (Å²) in [6.45, 7) is 5.99. The van der Waals surface area contributed by atoms with Gasteiger partial charge in [-0.1, -0.05) is 11.6 Å². The summed E-state index contributed by atoms with van der Waals surface area (Å²) in [5.41, 5.74) is 2.67. The van der Waals surface area contributed by atoms with Crippen molar-refractivity contribution < 1.29 is 19.5 Å². The molecule has 1 aromatic heterocycles. The quantitative estimate of drug-likeness (QED) is 0.377. The first-order valence-corrected chi connectivity index (χ1v) is 12.8. The van der Waals surface area contributed by atoms with Gasteiger partial charge in [0.2, 0.25) is 5.91 Å². The number of hydrogen-bond donors (Lipinski definition) is 3. The van der Waals surface area contributed by atoms with E-state index in [9.17, 15) is 19.5 Å². The van der Waals surface area contributed by atoms with Crippen LogP contribution in [0.5, 0.6) is 0 Å². The van der Waals surface area contributed by atoms with Gasteiger partial charge in [0, 0.05) is 53.2 Å². The Balaban J connectivity index is 1.47. The molecule has 0 atom stereocenters. The van der Waals surface area contributed by atoms with Crippen molar-refractivity contribution in [3.05, 3.63) is 74.2 Å². The second-order valence-electron chi connectivity index (χ2n) is 8.89. The zero-order valence-corrected chi connectivity index (χ0v) is 21.6. The Morgan fingerprint density at radius 1 is 1.14 bits per heavy atom. The first-order chi connectivity index (χ1) is 17.2. The molecule has 1 aliphatic heterocycles. The number of aromatic nitrogens is 1. The third kappa shape index (κ3) is 6.29. The summed E-state index contributed by atoms with van der Waals surface area (Å²) in [7, 11) is 0. The Morgan fingerprint density at radius 2 is 1.89 bits per heavy atom. The monoisotopic (exact) mass is 526 g/mol. The number of benzene rings is 2. The van der Waals surface area contributed by atoms with E-state index < -0.39 is 5.97 Å². The SMILES string of the molecule is CC(C)N1CCc2nc(C(=O)Nc3ccc(C(=O)O)cc3CCC(=O)Nc3ccc(Cl)cc3)sc2C1. The molecule has 10 heteroatoms. The number of rotatable bonds is 8. The molecule has 3 N–H and O–H groups in total. The predicted molar refractivity (Wildman–Crippen MR) is 141 cm³/mol. The number of amides is 2. The van der Waals surface area contributed by atoms with Gasteiger partial charge >= 0.3 is 5.97 Å². The molecule has 2 amide bonds. The fraction of sp³-hybridized carbons (Fsp3) is 0.308. The summed E-state index contributed by atoms with van der Waals surface area (Å²) < 4.78 is 0. The number of aromatic carboxylic acids is 1. The highest BCUT2D eigenvalue weighted by molar-refractivity contribution is 7.13. The number of nitrogens with zero attached hydrogens (tertiary/aromatic N) is 2. The van der Waals surface area contributed by atoms with Gasteiger partial charge in [0.25, 0.3) is 5.91 Å². The Kier molecular flexibility index (Phi) is 8.03. The minimum Gasteiger partial charge on any atom is -0.478 e. The number of aryl methyl sites for hydroxylation is 1. The molecular formula is C26H27ClN4O4S. The Hall–Kier alpha value is -3.27. The van der Waals surface area contributed by atoms with Crippen LogP contribution in [0.2, 0.25) is 5.02 Å². The molecular weight excluding hydrogens is 500 g/mol. The van der Waals surface area contributed by atoms with Crippen LogP contribution >= 0.6 is 22.9 Å². The van der Waals surface area contributed by atoms with Crippen LogP contribution in [-0.4, -0.2) is 45.4 Å². The number of anilines is 2. The van der Waals surface area contributed by atoms with Crippen molar-refractivity contribution in [3.63, 3.8) is 0 Å². The molecule has 0 aliphatic carbocycles. The van der Waals surface area contributed by atoms with Crippen LogP contribution in [0.3, 0.4) is 0 Å². The lowest BCUT2D eigenvalue weighted by molar-refractivity contribution is -0.116. The molecule has 0 saturated heterocycles. The summed E-state index contributed by atoms with van der Waals surface area (Å²) in [6, 6.07) is 11.7. The highest BCUT2D eigenvalue weighted by atomic mass is 35.5. The number of fused-ring (bicyclic) bond motifs is 1. The molecule has 0 radical (unpaired) electrons. The molecule has 0 bridgehead atoms. The molecule has 0 spiro atoms. The largest absolute Gasteiger partial charge is 0.478 e. The van der Waals surface area contributed by atoms with Gasteiger partial charge in [0.15, 0.2) is 5.01 Å². The summed E-state index contributed by atoms with van der Waals surface area (Å²) in [5, 5.41) is 16.0. The van der Waals surface area contributed by atoms with E-state index in [0.29, 0.717) is 33.0 Å². The molecule has 2 aromatic carbocycles. The van der Waals surface area contributed by atoms with Crippen LogP contribution in [0.1, 0.15) is 56.6 Å². The van der Waals surface area contributed by atoms with Crippen molar-refractivity contribution in [2.24, 2.45) is 0 Å². The number of halogens is 1. The van der Waals surface area contributed by atoms with Crippen molar-refractivity contribution in [1.29, 1.82) is 0 Å². The minimum atomic E-state index is -1.08. The van der Waals surface area contributed by atoms with E-state index in [1.807, 2.05) is 0 Å². The van der Waals surface area contributed by atoms with Crippen molar-refractivity contribution in [1.82, 2.24) is 9.88 Å². The van der Waals surface area contributed by atoms with E-state index in [1.54, 1.807) is 30.3 Å². The Labute approximate surface area is 218 Å². The van der Waals surface area contributed by atoms with E-state index in [-0.39, 0.29) is 30.2 Å². The molecule has 1 aliphatic rings. The Bertz CT molecular complexity index is 1290. The van der Waals surface area contributed by atoms with Crippen molar-refractivity contribution >= 4 is 52.1 Å². The highest BCUT2D eigenvalue weighted by Crippen LogP contribution is 2.28. The zero-order valence-electron chi connectivity index (χ0n) is 20.0. The fourth-order valence-electron chi connectivity index (χ4n) is 3.99. The number of thiazole rings is 1. The van der Waals surface area contributed by atoms with Gasteiger partial charge in [-0.3, -0.25) is 14.5 Å². The second-order valence-corrected chi connectivity index (χ2v) is 10.4. The molecule has 8 nitrogen and oxygen atoms in total. The van der Waals surface area contributed by atoms with E-state index in [0.717, 1.165) is 30.1 Å². The molecule has 0 saturated carbocycles. The van der Waals surface area contributed by atoms with Gasteiger partial charge < -0.3 is 15.7 Å². The standard InChI is InChI=1S/C26H27ClN4O4S/c1-15(2)31-12-11-21-22(14-31)36-25(30-21)24(33)29-20-9-3-17(26(34)35)13-16(20)4-10-23(32)28-19-7-5-18(27)6-8-19/h3,5-9,13,15H,4,10-12,14H2,1-2H3,(H,28,32)(H,29,33)(H,34,35). The highest BCUT2D eigenvalue weighted by Gasteiger charge is 2.24. The normalized spacial score (nSPS) is 13.3. The van der Waals surface area contributed by atoms with Crippen LogP contribution in [0, 0.1) is 0 Å². The average Bonchev–Trinajstić information content (AvgIpc) is 3.28. The number of carboxylic acid groups (broad SMARTS) is 1. The molecule has 3 aromatic rings. The van der Waals surface area contributed by atoms with Crippen LogP contribution in [0.25, 0.3) is 0 Å². The second kappa shape index (κ2) is 11.2. The molecule has 36 heavy (non-hydrogen) atoms. The van der Waals surface area contributed by atoms with Gasteiger partial charge in [0.1, 0.15) is 0 Å². The third-order valence-corrected chi connectivity index (χ3v) is 7.37. The lowest BCUT2D eigenvalue weighted by atomic mass is 10.0. The van der Waals surface area contributed by atoms with Gasteiger partial charge in [-0.2, -0.15) is 0 Å². The van der Waals surface area contributed by atoms with E-state index >= 15 is 0 Å². The van der Waals surface area contributed by atoms with Crippen LogP contribution < -0.4 is 10.6 Å². The van der Waals surface area contributed by atoms with E-state index in [4.69, 9.17) is 11.6 Å². The minimum absolute atomic E-state index is 0.0830. The first-order valence-electron chi connectivity index (χ1n) is 11.6. The Morgan fingerprint density at radius 3 is 2.58 bits per heavy atom. The lowest BCUT2D eigenvalue weighted by Crippen LogP contribution is -2.35. The summed E-state index contributed by atoms with van der Waals surface area (Å²) in [5.74, 6) is -1.67. The van der Waals surface area contributed by atoms with Crippen molar-refractivity contribution in [3.8, 4) is 0 Å². The number of nitrogens with one attached hydrogen (secondary N) is 2. The molecule has 0 unspecified atom stereocenters. The molecule has 2 heterocycles. The molecule has 4 rings (SSSR count). The van der Waals surface area contributed by atoms with Crippen LogP contribution in [0.15, 0.2) is 42.5 Å². The number of hydrogen-bond acceptors (Lipinski definition) is 6. The van der Waals surface area contributed by atoms with E-state index in [1.165, 1.54) is 23.5 Å². The third-order valence-electron chi connectivity index (χ3n) is 6.04. The van der Waals surface area contributed by atoms with Gasteiger partial charge in [0.05, 0.1) is 11.3 Å². The van der Waals surface area contributed by atoms with Crippen molar-refractivity contribution in [2.45, 2.75) is 45.7 Å². The lowest BCUT2D eigenvalue weighted by Gasteiger charge is -2.29. The summed E-state index contributed by atoms with van der Waals surface area (Å²) >= 11 is 7.27. The van der Waals surface area contributed by atoms with Crippen molar-refractivity contribution in [2.75, 3.05) is 17.2 Å². The maximum atomic E-state index is 13.0. The number of carbonyl (C=O) groups excluding carboxylic acids is 2. The number of carboxylic acids is 1. The molecule has 188 valence electrons. The molecule has 0 fully saturated rings. The van der Waals surface area contributed by atoms with Gasteiger partial charge in [-0.15, -0.1) is 11.3 Å². The maximum Gasteiger partial charge on any atom is 0.335 e. The predicted octanol–water partition coefficient (Wildman–Crippen LogP) is 5.08. The number of carbonyl (C=O) groups is 3. The maximum absolute atomic E-state index is 13.0. The topological polar surface area (TPSA) is 112 Å². The van der Waals surface area contributed by atoms with Gasteiger partial charge in [-0.25, -0.2) is 9.78 Å². The van der Waals surface area contributed by atoms with Crippen LogP contribution in [0.4, 0.5) is 11.4 Å². The fourth-order valence-corrected chi connectivity index (χ4v) is 5.14. The summed E-state index contributed by atoms with van der Waals surface area (Å²) in [6.07, 6.45) is 1.15. The summed E-state index contributed by atoms with van der Waals surface area (Å²) in [4.78, 5) is 45.0. The van der Waals surface area contributed by atoms with E-state index in [2.05, 4.69) is 34.4 Å². The average molecular weight is 527 g/mol. The first kappa shape index (κ1) is 25.8. The zero-order chi connectivity index (χ0) is 25.8.